The van der Waals surface area contributed by atoms with Crippen LogP contribution in [-0.2, 0) is 20.2 Å². The number of ether oxygens (including phenoxy) is 1. The van der Waals surface area contributed by atoms with Crippen molar-refractivity contribution < 1.29 is 4.74 Å². The molecule has 0 unspecified atom stereocenters. The topological polar surface area (TPSA) is 86.3 Å². The molecular formula is C24H25ClN8O. The minimum atomic E-state index is 0. The molecule has 10 heteroatoms. The second kappa shape index (κ2) is 9.98. The van der Waals surface area contributed by atoms with Gasteiger partial charge in [0, 0.05) is 18.2 Å². The van der Waals surface area contributed by atoms with Gasteiger partial charge < -0.3 is 9.64 Å². The molecule has 0 aliphatic carbocycles. The SMILES string of the molecule is CN(C)Cc1nc(COc2nn3c(-c4ccccc4)nnc3cc2-c2ccccc2)nn1C.Cl. The van der Waals surface area contributed by atoms with E-state index in [1.54, 1.807) is 9.20 Å². The number of benzene rings is 2. The highest BCUT2D eigenvalue weighted by Gasteiger charge is 2.17. The Kier molecular flexibility index (Phi) is 6.85. The van der Waals surface area contributed by atoms with Crippen molar-refractivity contribution in [2.45, 2.75) is 13.2 Å². The van der Waals surface area contributed by atoms with Gasteiger partial charge >= 0.3 is 0 Å². The zero-order chi connectivity index (χ0) is 22.8. The molecule has 5 aromatic rings. The molecule has 3 aromatic heterocycles. The lowest BCUT2D eigenvalue weighted by Crippen LogP contribution is -2.14. The van der Waals surface area contributed by atoms with Gasteiger partial charge in [-0.1, -0.05) is 60.7 Å². The highest BCUT2D eigenvalue weighted by molar-refractivity contribution is 5.85. The number of aryl methyl sites for hydroxylation is 1. The van der Waals surface area contributed by atoms with E-state index in [0.29, 0.717) is 29.7 Å². The Balaban J connectivity index is 0.00000274. The summed E-state index contributed by atoms with van der Waals surface area (Å²) >= 11 is 0. The van der Waals surface area contributed by atoms with Gasteiger partial charge in [-0.05, 0) is 25.7 Å². The zero-order valence-electron chi connectivity index (χ0n) is 19.2. The molecule has 34 heavy (non-hydrogen) atoms. The summed E-state index contributed by atoms with van der Waals surface area (Å²) in [5.74, 6) is 2.59. The summed E-state index contributed by atoms with van der Waals surface area (Å²) in [5.41, 5.74) is 3.38. The van der Waals surface area contributed by atoms with Crippen LogP contribution in [0.1, 0.15) is 11.6 Å². The van der Waals surface area contributed by atoms with Gasteiger partial charge in [0.1, 0.15) is 5.82 Å². The highest BCUT2D eigenvalue weighted by atomic mass is 35.5. The Morgan fingerprint density at radius 1 is 0.882 bits per heavy atom. The van der Waals surface area contributed by atoms with Gasteiger partial charge in [0.25, 0.3) is 0 Å². The van der Waals surface area contributed by atoms with E-state index >= 15 is 0 Å². The van der Waals surface area contributed by atoms with E-state index in [1.165, 1.54) is 0 Å². The first kappa shape index (κ1) is 23.3. The molecule has 0 bridgehead atoms. The monoisotopic (exact) mass is 476 g/mol. The molecule has 0 saturated heterocycles. The maximum Gasteiger partial charge on any atom is 0.240 e. The van der Waals surface area contributed by atoms with Crippen LogP contribution in [0.15, 0.2) is 66.7 Å². The number of halogens is 1. The Hall–Kier alpha value is -3.82. The first-order chi connectivity index (χ1) is 16.1. The van der Waals surface area contributed by atoms with Crippen molar-refractivity contribution in [2.24, 2.45) is 7.05 Å². The molecular weight excluding hydrogens is 452 g/mol. The number of aromatic nitrogens is 7. The average Bonchev–Trinajstić information content (AvgIpc) is 3.40. The van der Waals surface area contributed by atoms with Crippen molar-refractivity contribution in [1.29, 1.82) is 0 Å². The van der Waals surface area contributed by atoms with Crippen LogP contribution in [0.5, 0.6) is 5.88 Å². The van der Waals surface area contributed by atoms with Crippen molar-refractivity contribution in [3.05, 3.63) is 78.4 Å². The average molecular weight is 477 g/mol. The molecule has 0 N–H and O–H groups in total. The molecule has 0 spiro atoms. The predicted octanol–water partition coefficient (Wildman–Crippen LogP) is 3.65. The molecule has 174 valence electrons. The summed E-state index contributed by atoms with van der Waals surface area (Å²) in [6.07, 6.45) is 0. The standard InChI is InChI=1S/C24H24N8O.ClH/c1-30(2)15-22-25-20(28-31(22)3)16-33-24-19(17-10-6-4-7-11-17)14-21-26-27-23(32(21)29-24)18-12-8-5-9-13-18;/h4-14H,15-16H2,1-3H3;1H. The van der Waals surface area contributed by atoms with E-state index in [1.807, 2.05) is 87.9 Å². The van der Waals surface area contributed by atoms with Crippen molar-refractivity contribution in [2.75, 3.05) is 14.1 Å². The fourth-order valence-corrected chi connectivity index (χ4v) is 3.60. The van der Waals surface area contributed by atoms with Crippen LogP contribution in [0.4, 0.5) is 0 Å². The Bertz CT molecular complexity index is 1380. The number of rotatable bonds is 7. The lowest BCUT2D eigenvalue weighted by atomic mass is 10.1. The van der Waals surface area contributed by atoms with E-state index < -0.39 is 0 Å². The summed E-state index contributed by atoms with van der Waals surface area (Å²) in [7, 11) is 5.89. The lowest BCUT2D eigenvalue weighted by Gasteiger charge is -2.10. The third-order valence-corrected chi connectivity index (χ3v) is 5.17. The van der Waals surface area contributed by atoms with Gasteiger partial charge in [-0.25, -0.2) is 4.98 Å². The van der Waals surface area contributed by atoms with Crippen LogP contribution >= 0.6 is 12.4 Å². The minimum Gasteiger partial charge on any atom is -0.468 e. The predicted molar refractivity (Wildman–Crippen MR) is 132 cm³/mol. The Morgan fingerprint density at radius 2 is 1.56 bits per heavy atom. The summed E-state index contributed by atoms with van der Waals surface area (Å²) in [5, 5.41) is 18.0. The fourth-order valence-electron chi connectivity index (χ4n) is 3.60. The molecule has 0 aliphatic rings. The zero-order valence-corrected chi connectivity index (χ0v) is 20.0. The molecule has 0 saturated carbocycles. The summed E-state index contributed by atoms with van der Waals surface area (Å²) < 4.78 is 9.67. The van der Waals surface area contributed by atoms with E-state index in [-0.39, 0.29) is 19.0 Å². The summed E-state index contributed by atoms with van der Waals surface area (Å²) in [6.45, 7) is 0.895. The minimum absolute atomic E-state index is 0. The van der Waals surface area contributed by atoms with Gasteiger partial charge in [0.15, 0.2) is 23.9 Å². The van der Waals surface area contributed by atoms with Crippen LogP contribution in [0, 0.1) is 0 Å². The first-order valence-electron chi connectivity index (χ1n) is 10.6. The maximum absolute atomic E-state index is 6.18. The van der Waals surface area contributed by atoms with E-state index in [0.717, 1.165) is 22.5 Å². The number of hydrogen-bond acceptors (Lipinski definition) is 7. The van der Waals surface area contributed by atoms with Gasteiger partial charge in [0.2, 0.25) is 5.88 Å². The van der Waals surface area contributed by atoms with Crippen LogP contribution in [0.25, 0.3) is 28.2 Å². The molecule has 2 aromatic carbocycles. The van der Waals surface area contributed by atoms with Crippen molar-refractivity contribution in [3.63, 3.8) is 0 Å². The second-order valence-electron chi connectivity index (χ2n) is 7.98. The van der Waals surface area contributed by atoms with Crippen LogP contribution < -0.4 is 4.74 Å². The lowest BCUT2D eigenvalue weighted by molar-refractivity contribution is 0.281. The summed E-state index contributed by atoms with van der Waals surface area (Å²) in [6, 6.07) is 21.8. The van der Waals surface area contributed by atoms with Crippen LogP contribution in [0.2, 0.25) is 0 Å². The summed E-state index contributed by atoms with van der Waals surface area (Å²) in [4.78, 5) is 6.66. The van der Waals surface area contributed by atoms with Crippen molar-refractivity contribution >= 4 is 18.1 Å². The fraction of sp³-hybridized carbons (Fsp3) is 0.208. The third kappa shape index (κ3) is 4.75. The number of fused-ring (bicyclic) bond motifs is 1. The van der Waals surface area contributed by atoms with Crippen molar-refractivity contribution in [1.82, 2.24) is 39.5 Å². The highest BCUT2D eigenvalue weighted by Crippen LogP contribution is 2.30. The van der Waals surface area contributed by atoms with Gasteiger partial charge in [-0.3, -0.25) is 4.68 Å². The molecule has 3 heterocycles. The molecule has 0 radical (unpaired) electrons. The number of nitrogens with zero attached hydrogens (tertiary/aromatic N) is 8. The van der Waals surface area contributed by atoms with Gasteiger partial charge in [-0.15, -0.1) is 27.7 Å². The Labute approximate surface area is 203 Å². The molecule has 0 amide bonds. The molecule has 9 nitrogen and oxygen atoms in total. The Morgan fingerprint density at radius 3 is 2.24 bits per heavy atom. The molecule has 0 atom stereocenters. The van der Waals surface area contributed by atoms with E-state index in [4.69, 9.17) is 9.84 Å². The maximum atomic E-state index is 6.18. The van der Waals surface area contributed by atoms with Crippen molar-refractivity contribution in [3.8, 4) is 28.4 Å². The van der Waals surface area contributed by atoms with Gasteiger partial charge in [0.05, 0.1) is 6.54 Å². The third-order valence-electron chi connectivity index (χ3n) is 5.17. The smallest absolute Gasteiger partial charge is 0.240 e. The van der Waals surface area contributed by atoms with Crippen LogP contribution in [0.3, 0.4) is 0 Å². The largest absolute Gasteiger partial charge is 0.468 e. The molecule has 5 rings (SSSR count). The van der Waals surface area contributed by atoms with Gasteiger partial charge in [-0.2, -0.15) is 9.61 Å². The molecule has 0 aliphatic heterocycles. The van der Waals surface area contributed by atoms with E-state index in [2.05, 4.69) is 25.2 Å². The number of hydrogen-bond donors (Lipinski definition) is 0. The second-order valence-corrected chi connectivity index (χ2v) is 7.98. The molecule has 0 fully saturated rings. The quantitative estimate of drug-likeness (QED) is 0.354. The first-order valence-corrected chi connectivity index (χ1v) is 10.6. The normalized spacial score (nSPS) is 11.1. The van der Waals surface area contributed by atoms with Crippen LogP contribution in [-0.4, -0.2) is 53.6 Å². The van der Waals surface area contributed by atoms with E-state index in [9.17, 15) is 0 Å².